The summed E-state index contributed by atoms with van der Waals surface area (Å²) in [5.74, 6) is 4.13. The summed E-state index contributed by atoms with van der Waals surface area (Å²) in [5.41, 5.74) is 5.00. The molecule has 0 heterocycles. The number of hydrogen-bond acceptors (Lipinski definition) is 2. The van der Waals surface area contributed by atoms with Gasteiger partial charge in [0, 0.05) is 6.42 Å². The van der Waals surface area contributed by atoms with Crippen LogP contribution in [0.15, 0.2) is 12.1 Å². The van der Waals surface area contributed by atoms with Crippen molar-refractivity contribution in [1.82, 2.24) is 0 Å². The lowest BCUT2D eigenvalue weighted by molar-refractivity contribution is 0.0297. The molecule has 0 N–H and O–H groups in total. The van der Waals surface area contributed by atoms with Gasteiger partial charge in [-0.2, -0.15) is 5.26 Å². The summed E-state index contributed by atoms with van der Waals surface area (Å²) >= 11 is 0. The Hall–Kier alpha value is -1.27. The molecular weight excluding hydrogens is 394 g/mol. The normalized spacial score (nSPS) is 32.6. The SMILES string of the molecule is CCc1cc2c(cc1O[Si](C)(C)C(C)(C)C)CCC1C2CCC2(C)C(CC#N)CCC12. The van der Waals surface area contributed by atoms with Crippen LogP contribution in [0.5, 0.6) is 5.75 Å². The Balaban J connectivity index is 1.64. The van der Waals surface area contributed by atoms with Crippen molar-refractivity contribution in [3.05, 3.63) is 28.8 Å². The Kier molecular flexibility index (Phi) is 5.87. The molecule has 0 saturated heterocycles. The number of nitrogens with zero attached hydrogens (tertiary/aromatic N) is 1. The highest BCUT2D eigenvalue weighted by molar-refractivity contribution is 6.74. The second-order valence-electron chi connectivity index (χ2n) is 12.5. The first kappa shape index (κ1) is 22.9. The minimum atomic E-state index is -1.84. The molecule has 0 aliphatic heterocycles. The van der Waals surface area contributed by atoms with Gasteiger partial charge in [-0.3, -0.25) is 0 Å². The third-order valence-corrected chi connectivity index (χ3v) is 14.3. The number of hydrogen-bond donors (Lipinski definition) is 0. The van der Waals surface area contributed by atoms with Crippen LogP contribution in [0.3, 0.4) is 0 Å². The van der Waals surface area contributed by atoms with E-state index < -0.39 is 8.32 Å². The van der Waals surface area contributed by atoms with Crippen LogP contribution < -0.4 is 4.43 Å². The predicted octanol–water partition coefficient (Wildman–Crippen LogP) is 8.02. The summed E-state index contributed by atoms with van der Waals surface area (Å²) < 4.78 is 6.83. The van der Waals surface area contributed by atoms with E-state index in [1.54, 1.807) is 11.1 Å². The van der Waals surface area contributed by atoms with Crippen molar-refractivity contribution < 1.29 is 4.43 Å². The topological polar surface area (TPSA) is 33.0 Å². The zero-order chi connectivity index (χ0) is 22.6. The van der Waals surface area contributed by atoms with Crippen molar-refractivity contribution in [2.45, 2.75) is 110 Å². The molecule has 170 valence electrons. The van der Waals surface area contributed by atoms with Crippen LogP contribution >= 0.6 is 0 Å². The fourth-order valence-corrected chi connectivity index (χ4v) is 8.05. The van der Waals surface area contributed by atoms with Gasteiger partial charge in [0.1, 0.15) is 5.75 Å². The summed E-state index contributed by atoms with van der Waals surface area (Å²) in [5, 5.41) is 9.57. The third kappa shape index (κ3) is 3.78. The summed E-state index contributed by atoms with van der Waals surface area (Å²) in [7, 11) is -1.84. The molecule has 0 bridgehead atoms. The number of benzene rings is 1. The van der Waals surface area contributed by atoms with E-state index in [1.165, 1.54) is 49.8 Å². The fraction of sp³-hybridized carbons (Fsp3) is 0.750. The maximum absolute atomic E-state index is 9.35. The minimum Gasteiger partial charge on any atom is -0.543 e. The lowest BCUT2D eigenvalue weighted by atomic mass is 9.54. The van der Waals surface area contributed by atoms with Crippen molar-refractivity contribution in [2.24, 2.45) is 23.2 Å². The zero-order valence-corrected chi connectivity index (χ0v) is 22.0. The Morgan fingerprint density at radius 3 is 2.55 bits per heavy atom. The molecule has 5 unspecified atom stereocenters. The Morgan fingerprint density at radius 1 is 1.16 bits per heavy atom. The minimum absolute atomic E-state index is 0.218. The number of fused-ring (bicyclic) bond motifs is 5. The number of aryl methyl sites for hydroxylation is 2. The summed E-state index contributed by atoms with van der Waals surface area (Å²) in [4.78, 5) is 0. The summed E-state index contributed by atoms with van der Waals surface area (Å²) in [6, 6.07) is 7.47. The number of rotatable bonds is 4. The van der Waals surface area contributed by atoms with Crippen LogP contribution in [-0.2, 0) is 12.8 Å². The number of nitriles is 1. The fourth-order valence-electron chi connectivity index (χ4n) is 7.00. The second-order valence-corrected chi connectivity index (χ2v) is 17.2. The van der Waals surface area contributed by atoms with E-state index in [2.05, 4.69) is 65.9 Å². The smallest absolute Gasteiger partial charge is 0.250 e. The Bertz CT molecular complexity index is 876. The molecule has 0 aromatic heterocycles. The van der Waals surface area contributed by atoms with Gasteiger partial charge in [0.05, 0.1) is 6.07 Å². The largest absolute Gasteiger partial charge is 0.543 e. The Morgan fingerprint density at radius 2 is 1.90 bits per heavy atom. The molecule has 2 fully saturated rings. The van der Waals surface area contributed by atoms with Gasteiger partial charge in [-0.25, -0.2) is 0 Å². The van der Waals surface area contributed by atoms with Crippen LogP contribution in [0.25, 0.3) is 0 Å². The maximum Gasteiger partial charge on any atom is 0.250 e. The first-order valence-electron chi connectivity index (χ1n) is 12.7. The molecule has 3 aliphatic rings. The molecule has 0 radical (unpaired) electrons. The van der Waals surface area contributed by atoms with E-state index in [-0.39, 0.29) is 5.04 Å². The van der Waals surface area contributed by atoms with Gasteiger partial charge in [-0.1, -0.05) is 40.7 Å². The van der Waals surface area contributed by atoms with Gasteiger partial charge < -0.3 is 4.43 Å². The van der Waals surface area contributed by atoms with E-state index >= 15 is 0 Å². The van der Waals surface area contributed by atoms with Gasteiger partial charge in [-0.05, 0) is 115 Å². The Labute approximate surface area is 191 Å². The zero-order valence-electron chi connectivity index (χ0n) is 21.0. The highest BCUT2D eigenvalue weighted by Gasteiger charge is 2.54. The standard InChI is InChI=1S/C28H43NOSi/c1-8-19-17-24-20(18-26(19)30-31(6,7)27(2,3)4)9-11-23-22(24)13-15-28(5)21(14-16-29)10-12-25(23)28/h17-18,21-23,25H,8-15H2,1-7H3. The average molecular weight is 438 g/mol. The molecule has 0 spiro atoms. The molecule has 1 aromatic carbocycles. The van der Waals surface area contributed by atoms with Crippen molar-refractivity contribution in [1.29, 1.82) is 5.26 Å². The van der Waals surface area contributed by atoms with Crippen molar-refractivity contribution in [3.63, 3.8) is 0 Å². The first-order valence-corrected chi connectivity index (χ1v) is 15.6. The highest BCUT2D eigenvalue weighted by Crippen LogP contribution is 2.63. The molecule has 5 atom stereocenters. The monoisotopic (exact) mass is 437 g/mol. The van der Waals surface area contributed by atoms with E-state index in [4.69, 9.17) is 4.43 Å². The quantitative estimate of drug-likeness (QED) is 0.447. The summed E-state index contributed by atoms with van der Waals surface area (Å²) in [6.45, 7) is 16.5. The lowest BCUT2D eigenvalue weighted by Gasteiger charge is -2.51. The van der Waals surface area contributed by atoms with E-state index in [9.17, 15) is 5.26 Å². The molecule has 2 nitrogen and oxygen atoms in total. The average Bonchev–Trinajstić information content (AvgIpc) is 3.03. The van der Waals surface area contributed by atoms with Gasteiger partial charge in [-0.15, -0.1) is 0 Å². The van der Waals surface area contributed by atoms with Gasteiger partial charge in [0.15, 0.2) is 0 Å². The molecule has 31 heavy (non-hydrogen) atoms. The van der Waals surface area contributed by atoms with Gasteiger partial charge in [0.25, 0.3) is 0 Å². The molecule has 2 saturated carbocycles. The predicted molar refractivity (Wildman–Crippen MR) is 132 cm³/mol. The maximum atomic E-state index is 9.35. The van der Waals surface area contributed by atoms with Crippen LogP contribution in [-0.4, -0.2) is 8.32 Å². The molecular formula is C28H43NOSi. The lowest BCUT2D eigenvalue weighted by Crippen LogP contribution is -2.44. The second kappa shape index (κ2) is 7.94. The molecule has 3 aliphatic carbocycles. The van der Waals surface area contributed by atoms with E-state index in [0.29, 0.717) is 11.3 Å². The molecule has 3 heteroatoms. The third-order valence-electron chi connectivity index (χ3n) is 9.99. The van der Waals surface area contributed by atoms with Crippen molar-refractivity contribution in [2.75, 3.05) is 0 Å². The van der Waals surface area contributed by atoms with Crippen LogP contribution in [0.4, 0.5) is 0 Å². The molecule has 4 rings (SSSR count). The van der Waals surface area contributed by atoms with E-state index in [0.717, 1.165) is 30.6 Å². The van der Waals surface area contributed by atoms with E-state index in [1.807, 2.05) is 0 Å². The van der Waals surface area contributed by atoms with Crippen LogP contribution in [0, 0.1) is 34.5 Å². The van der Waals surface area contributed by atoms with Crippen molar-refractivity contribution >= 4 is 8.32 Å². The van der Waals surface area contributed by atoms with Gasteiger partial charge in [0.2, 0.25) is 8.32 Å². The van der Waals surface area contributed by atoms with Gasteiger partial charge >= 0.3 is 0 Å². The van der Waals surface area contributed by atoms with Crippen LogP contribution in [0.1, 0.15) is 95.8 Å². The highest BCUT2D eigenvalue weighted by atomic mass is 28.4. The first-order chi connectivity index (χ1) is 14.5. The van der Waals surface area contributed by atoms with Crippen LogP contribution in [0.2, 0.25) is 18.1 Å². The molecule has 1 aromatic rings. The molecule has 0 amide bonds. The summed E-state index contributed by atoms with van der Waals surface area (Å²) in [6.07, 6.45) is 9.53. The van der Waals surface area contributed by atoms with Crippen molar-refractivity contribution in [3.8, 4) is 11.8 Å².